The van der Waals surface area contributed by atoms with Crippen molar-refractivity contribution in [2.24, 2.45) is 0 Å². The number of aromatic nitrogens is 3. The molecule has 1 aromatic heterocycles. The minimum atomic E-state index is -0.378. The molecule has 0 saturated carbocycles. The van der Waals surface area contributed by atoms with Crippen LogP contribution in [0.15, 0.2) is 29.4 Å². The first kappa shape index (κ1) is 17.6. The predicted octanol–water partition coefficient (Wildman–Crippen LogP) is 2.29. The summed E-state index contributed by atoms with van der Waals surface area (Å²) in [6, 6.07) is 6.14. The SMILES string of the molecule is CCc1nc2n(n1)C(=O)C(C(c1ccc(F)cc1)N1CCC(O)CC1)S2. The van der Waals surface area contributed by atoms with Crippen molar-refractivity contribution < 1.29 is 14.3 Å². The predicted molar refractivity (Wildman–Crippen MR) is 95.6 cm³/mol. The fourth-order valence-electron chi connectivity index (χ4n) is 3.59. The van der Waals surface area contributed by atoms with Gasteiger partial charge in [-0.2, -0.15) is 4.68 Å². The summed E-state index contributed by atoms with van der Waals surface area (Å²) in [5.41, 5.74) is 0.898. The number of hydrogen-bond donors (Lipinski definition) is 1. The van der Waals surface area contributed by atoms with E-state index in [-0.39, 0.29) is 29.1 Å². The van der Waals surface area contributed by atoms with E-state index < -0.39 is 0 Å². The molecule has 3 heterocycles. The summed E-state index contributed by atoms with van der Waals surface area (Å²) in [7, 11) is 0. The summed E-state index contributed by atoms with van der Waals surface area (Å²) >= 11 is 1.42. The van der Waals surface area contributed by atoms with Gasteiger partial charge < -0.3 is 5.11 Å². The number of aryl methyl sites for hydroxylation is 1. The molecular weight excluding hydrogens is 355 g/mol. The van der Waals surface area contributed by atoms with Gasteiger partial charge >= 0.3 is 0 Å². The van der Waals surface area contributed by atoms with Crippen LogP contribution in [-0.4, -0.2) is 55.1 Å². The Hall–Kier alpha value is -1.77. The molecule has 6 nitrogen and oxygen atoms in total. The van der Waals surface area contributed by atoms with Crippen LogP contribution in [0.4, 0.5) is 4.39 Å². The van der Waals surface area contributed by atoms with E-state index in [2.05, 4.69) is 15.0 Å². The summed E-state index contributed by atoms with van der Waals surface area (Å²) in [6.45, 7) is 3.35. The van der Waals surface area contributed by atoms with E-state index in [0.717, 1.165) is 5.56 Å². The van der Waals surface area contributed by atoms with E-state index in [1.165, 1.54) is 28.6 Å². The van der Waals surface area contributed by atoms with Crippen molar-refractivity contribution in [3.8, 4) is 0 Å². The van der Waals surface area contributed by atoms with Gasteiger partial charge in [0.2, 0.25) is 0 Å². The molecule has 0 bridgehead atoms. The topological polar surface area (TPSA) is 71.2 Å². The molecule has 1 aromatic carbocycles. The van der Waals surface area contributed by atoms with E-state index in [9.17, 15) is 14.3 Å². The standard InChI is InChI=1S/C18H21FN4O2S/c1-2-14-20-18-23(21-14)17(25)16(26-18)15(11-3-5-12(19)6-4-11)22-9-7-13(24)8-10-22/h3-6,13,15-16,24H,2,7-10H2,1H3. The lowest BCUT2D eigenvalue weighted by Crippen LogP contribution is -2.44. The highest BCUT2D eigenvalue weighted by atomic mass is 32.2. The number of piperidine rings is 1. The van der Waals surface area contributed by atoms with Crippen LogP contribution in [0.2, 0.25) is 0 Å². The highest BCUT2D eigenvalue weighted by Crippen LogP contribution is 2.41. The molecule has 2 unspecified atom stereocenters. The quantitative estimate of drug-likeness (QED) is 0.883. The Morgan fingerprint density at radius 2 is 2.00 bits per heavy atom. The van der Waals surface area contributed by atoms with Crippen LogP contribution in [-0.2, 0) is 6.42 Å². The number of nitrogens with zero attached hydrogens (tertiary/aromatic N) is 4. The van der Waals surface area contributed by atoms with Gasteiger partial charge in [0.25, 0.3) is 5.91 Å². The second kappa shape index (κ2) is 7.09. The number of carbonyl (C=O) groups excluding carboxylic acids is 1. The second-order valence-corrected chi connectivity index (χ2v) is 7.82. The monoisotopic (exact) mass is 376 g/mol. The lowest BCUT2D eigenvalue weighted by atomic mass is 9.97. The molecule has 0 amide bonds. The maximum absolute atomic E-state index is 13.4. The Bertz CT molecular complexity index is 802. The molecule has 8 heteroatoms. The number of fused-ring (bicyclic) bond motifs is 1. The summed E-state index contributed by atoms with van der Waals surface area (Å²) in [5.74, 6) is 0.283. The van der Waals surface area contributed by atoms with Gasteiger partial charge in [0.05, 0.1) is 12.1 Å². The Morgan fingerprint density at radius 3 is 2.62 bits per heavy atom. The van der Waals surface area contributed by atoms with Crippen molar-refractivity contribution in [3.63, 3.8) is 0 Å². The van der Waals surface area contributed by atoms with Gasteiger partial charge in [-0.25, -0.2) is 9.37 Å². The van der Waals surface area contributed by atoms with Crippen LogP contribution < -0.4 is 0 Å². The fraction of sp³-hybridized carbons (Fsp3) is 0.500. The molecule has 2 atom stereocenters. The molecule has 2 aliphatic rings. The van der Waals surface area contributed by atoms with E-state index in [4.69, 9.17) is 0 Å². The highest BCUT2D eigenvalue weighted by Gasteiger charge is 2.43. The lowest BCUT2D eigenvalue weighted by Gasteiger charge is -2.38. The second-order valence-electron chi connectivity index (χ2n) is 6.72. The molecule has 2 aliphatic heterocycles. The van der Waals surface area contributed by atoms with Gasteiger partial charge in [-0.1, -0.05) is 30.8 Å². The maximum atomic E-state index is 13.4. The van der Waals surface area contributed by atoms with Gasteiger partial charge in [0.1, 0.15) is 11.1 Å². The smallest absolute Gasteiger partial charge is 0.264 e. The molecule has 1 fully saturated rings. The van der Waals surface area contributed by atoms with Crippen LogP contribution in [0.3, 0.4) is 0 Å². The van der Waals surface area contributed by atoms with Crippen LogP contribution in [0.5, 0.6) is 0 Å². The Morgan fingerprint density at radius 1 is 1.31 bits per heavy atom. The molecule has 0 spiro atoms. The van der Waals surface area contributed by atoms with Crippen LogP contribution in [0.1, 0.15) is 42.0 Å². The van der Waals surface area contributed by atoms with Crippen molar-refractivity contribution in [1.29, 1.82) is 0 Å². The Kier molecular flexibility index (Phi) is 4.81. The third-order valence-electron chi connectivity index (χ3n) is 5.01. The van der Waals surface area contributed by atoms with Gasteiger partial charge in [-0.15, -0.1) is 5.10 Å². The minimum Gasteiger partial charge on any atom is -0.393 e. The number of thioether (sulfide) groups is 1. The minimum absolute atomic E-state index is 0.0855. The van der Waals surface area contributed by atoms with Crippen LogP contribution >= 0.6 is 11.8 Å². The van der Waals surface area contributed by atoms with Crippen LogP contribution in [0, 0.1) is 5.82 Å². The molecule has 2 aromatic rings. The van der Waals surface area contributed by atoms with Gasteiger partial charge in [-0.05, 0) is 30.5 Å². The number of aliphatic hydroxyl groups is 1. The normalized spacial score (nSPS) is 22.6. The summed E-state index contributed by atoms with van der Waals surface area (Å²) in [5, 5.41) is 14.4. The van der Waals surface area contributed by atoms with Gasteiger partial charge in [0, 0.05) is 19.5 Å². The number of aliphatic hydroxyl groups excluding tert-OH is 1. The molecule has 4 rings (SSSR count). The van der Waals surface area contributed by atoms with Crippen molar-refractivity contribution in [2.75, 3.05) is 13.1 Å². The third-order valence-corrected chi connectivity index (χ3v) is 6.20. The first-order chi connectivity index (χ1) is 12.6. The lowest BCUT2D eigenvalue weighted by molar-refractivity contribution is 0.0551. The van der Waals surface area contributed by atoms with Gasteiger partial charge in [-0.3, -0.25) is 9.69 Å². The summed E-state index contributed by atoms with van der Waals surface area (Å²) < 4.78 is 14.8. The van der Waals surface area contributed by atoms with E-state index in [1.54, 1.807) is 12.1 Å². The maximum Gasteiger partial charge on any atom is 0.264 e. The van der Waals surface area contributed by atoms with Gasteiger partial charge in [0.15, 0.2) is 11.0 Å². The molecule has 26 heavy (non-hydrogen) atoms. The van der Waals surface area contributed by atoms with Crippen molar-refractivity contribution in [1.82, 2.24) is 19.7 Å². The number of likely N-dealkylation sites (tertiary alicyclic amines) is 1. The fourth-order valence-corrected chi connectivity index (χ4v) is 4.87. The largest absolute Gasteiger partial charge is 0.393 e. The van der Waals surface area contributed by atoms with Crippen molar-refractivity contribution in [2.45, 2.75) is 48.7 Å². The Balaban J connectivity index is 1.66. The average molecular weight is 376 g/mol. The number of benzene rings is 1. The Labute approximate surface area is 155 Å². The number of carbonyl (C=O) groups is 1. The average Bonchev–Trinajstić information content (AvgIpc) is 3.18. The summed E-state index contributed by atoms with van der Waals surface area (Å²) in [6.07, 6.45) is 1.73. The third kappa shape index (κ3) is 3.17. The molecular formula is C18H21FN4O2S. The molecule has 1 saturated heterocycles. The van der Waals surface area contributed by atoms with Crippen molar-refractivity contribution in [3.05, 3.63) is 41.5 Å². The first-order valence-corrected chi connectivity index (χ1v) is 9.79. The zero-order valence-corrected chi connectivity index (χ0v) is 15.3. The molecule has 0 aliphatic carbocycles. The first-order valence-electron chi connectivity index (χ1n) is 8.91. The van der Waals surface area contributed by atoms with Crippen LogP contribution in [0.25, 0.3) is 0 Å². The number of hydrogen-bond acceptors (Lipinski definition) is 6. The molecule has 138 valence electrons. The highest BCUT2D eigenvalue weighted by molar-refractivity contribution is 8.00. The zero-order chi connectivity index (χ0) is 18.3. The van der Waals surface area contributed by atoms with E-state index >= 15 is 0 Å². The van der Waals surface area contributed by atoms with Crippen molar-refractivity contribution >= 4 is 17.7 Å². The summed E-state index contributed by atoms with van der Waals surface area (Å²) in [4.78, 5) is 19.6. The zero-order valence-electron chi connectivity index (χ0n) is 14.5. The van der Waals surface area contributed by atoms with E-state index in [1.807, 2.05) is 6.92 Å². The molecule has 0 radical (unpaired) electrons. The van der Waals surface area contributed by atoms with E-state index in [0.29, 0.717) is 43.3 Å². The molecule has 1 N–H and O–H groups in total. The number of rotatable bonds is 4. The number of halogens is 1.